The van der Waals surface area contributed by atoms with Gasteiger partial charge in [-0.05, 0) is 17.2 Å². The summed E-state index contributed by atoms with van der Waals surface area (Å²) in [5, 5.41) is 26.4. The van der Waals surface area contributed by atoms with E-state index in [0.717, 1.165) is 16.7 Å². The van der Waals surface area contributed by atoms with E-state index in [1.54, 1.807) is 48.5 Å². The molecule has 3 amide bonds. The molecule has 3 N–H and O–H groups in total. The number of fused-ring (bicyclic) bond motifs is 1. The van der Waals surface area contributed by atoms with Crippen LogP contribution in [0.5, 0.6) is 0 Å². The molecule has 3 atom stereocenters. The molecule has 1 aromatic carbocycles. The van der Waals surface area contributed by atoms with E-state index in [-0.39, 0.29) is 17.2 Å². The van der Waals surface area contributed by atoms with E-state index in [9.17, 15) is 29.5 Å². The Morgan fingerprint density at radius 2 is 2.06 bits per heavy atom. The molecule has 4 rings (SSSR count). The van der Waals surface area contributed by atoms with Crippen molar-refractivity contribution in [1.29, 1.82) is 0 Å². The number of benzene rings is 1. The molecule has 0 aliphatic carbocycles. The van der Waals surface area contributed by atoms with Gasteiger partial charge in [-0.2, -0.15) is 4.73 Å². The molecule has 36 heavy (non-hydrogen) atoms. The maximum Gasteiger partial charge on any atom is 0.352 e. The number of carbonyl (C=O) groups is 4. The highest BCUT2D eigenvalue weighted by Gasteiger charge is 2.66. The van der Waals surface area contributed by atoms with Gasteiger partial charge in [-0.3, -0.25) is 19.3 Å². The molecule has 3 heterocycles. The summed E-state index contributed by atoms with van der Waals surface area (Å²) in [6.07, 6.45) is 1.73. The quantitative estimate of drug-likeness (QED) is 0.100. The van der Waals surface area contributed by atoms with E-state index in [2.05, 4.69) is 10.6 Å². The third-order valence-corrected chi connectivity index (χ3v) is 8.23. The van der Waals surface area contributed by atoms with Crippen LogP contribution in [-0.2, 0) is 23.9 Å². The molecule has 2 unspecified atom stereocenters. The van der Waals surface area contributed by atoms with Gasteiger partial charge in [0.1, 0.15) is 17.1 Å². The first-order valence-electron chi connectivity index (χ1n) is 10.7. The molecule has 0 bridgehead atoms. The van der Waals surface area contributed by atoms with E-state index in [4.69, 9.17) is 4.74 Å². The Labute approximate surface area is 214 Å². The predicted octanol–water partition coefficient (Wildman–Crippen LogP) is 0.612. The molecule has 1 aromatic heterocycles. The SMILES string of the molecule is CO[C@]1(NC(=O)C(NC=O)c2ccccc2)C(=O)N2C(C(=O)O)=C(CSc3cccc[n+]3[O-])CSC21. The molecule has 188 valence electrons. The van der Waals surface area contributed by atoms with Crippen molar-refractivity contribution in [3.63, 3.8) is 0 Å². The zero-order valence-electron chi connectivity index (χ0n) is 19.0. The Bertz CT molecular complexity index is 1230. The van der Waals surface area contributed by atoms with Crippen LogP contribution in [0.1, 0.15) is 11.6 Å². The molecule has 2 aromatic rings. The summed E-state index contributed by atoms with van der Waals surface area (Å²) in [6, 6.07) is 12.3. The number of carboxylic acids is 1. The van der Waals surface area contributed by atoms with Gasteiger partial charge < -0.3 is 25.7 Å². The number of carboxylic acid groups (broad SMARTS) is 1. The van der Waals surface area contributed by atoms with Gasteiger partial charge in [-0.1, -0.05) is 42.1 Å². The molecule has 1 fully saturated rings. The van der Waals surface area contributed by atoms with Crippen molar-refractivity contribution in [2.24, 2.45) is 0 Å². The van der Waals surface area contributed by atoms with Crippen molar-refractivity contribution in [2.45, 2.75) is 22.2 Å². The zero-order valence-corrected chi connectivity index (χ0v) is 20.6. The Morgan fingerprint density at radius 1 is 1.33 bits per heavy atom. The van der Waals surface area contributed by atoms with Crippen molar-refractivity contribution in [3.05, 3.63) is 76.8 Å². The molecule has 0 radical (unpaired) electrons. The molecular weight excluding hydrogens is 508 g/mol. The average molecular weight is 531 g/mol. The van der Waals surface area contributed by atoms with Gasteiger partial charge in [0.2, 0.25) is 12.3 Å². The first-order chi connectivity index (χ1) is 17.3. The second-order valence-electron chi connectivity index (χ2n) is 7.81. The number of aliphatic carboxylic acids is 1. The number of hydrogen-bond acceptors (Lipinski definition) is 8. The molecule has 11 nitrogen and oxygen atoms in total. The van der Waals surface area contributed by atoms with E-state index in [1.165, 1.54) is 25.1 Å². The molecular formula is C23H22N4O7S2. The summed E-state index contributed by atoms with van der Waals surface area (Å²) in [7, 11) is 1.25. The second-order valence-corrected chi connectivity index (χ2v) is 9.87. The van der Waals surface area contributed by atoms with Gasteiger partial charge in [-0.25, -0.2) is 4.79 Å². The van der Waals surface area contributed by atoms with Crippen LogP contribution in [0.2, 0.25) is 0 Å². The first kappa shape index (κ1) is 25.5. The summed E-state index contributed by atoms with van der Waals surface area (Å²) in [5.41, 5.74) is -1.05. The van der Waals surface area contributed by atoms with Crippen LogP contribution in [-0.4, -0.2) is 63.9 Å². The van der Waals surface area contributed by atoms with E-state index < -0.39 is 34.9 Å². The monoisotopic (exact) mass is 530 g/mol. The van der Waals surface area contributed by atoms with Crippen LogP contribution in [0.3, 0.4) is 0 Å². The highest BCUT2D eigenvalue weighted by atomic mass is 32.2. The molecule has 0 spiro atoms. The van der Waals surface area contributed by atoms with Gasteiger partial charge >= 0.3 is 5.97 Å². The summed E-state index contributed by atoms with van der Waals surface area (Å²) in [4.78, 5) is 50.9. The first-order valence-corrected chi connectivity index (χ1v) is 12.7. The van der Waals surface area contributed by atoms with Crippen molar-refractivity contribution >= 4 is 47.7 Å². The minimum atomic E-state index is -1.81. The van der Waals surface area contributed by atoms with Gasteiger partial charge in [0.25, 0.3) is 16.7 Å². The molecule has 0 saturated carbocycles. The number of β-lactam (4-membered cyclic amide) rings is 1. The lowest BCUT2D eigenvalue weighted by atomic mass is 9.97. The van der Waals surface area contributed by atoms with Crippen LogP contribution in [0, 0.1) is 5.21 Å². The fraction of sp³-hybridized carbons (Fsp3) is 0.261. The largest absolute Gasteiger partial charge is 0.618 e. The second kappa shape index (κ2) is 10.6. The minimum Gasteiger partial charge on any atom is -0.618 e. The van der Waals surface area contributed by atoms with Gasteiger partial charge in [0, 0.05) is 30.7 Å². The number of ether oxygens (including phenoxy) is 1. The number of amides is 3. The smallest absolute Gasteiger partial charge is 0.352 e. The molecule has 2 aliphatic heterocycles. The zero-order chi connectivity index (χ0) is 25.9. The Morgan fingerprint density at radius 3 is 2.69 bits per heavy atom. The van der Waals surface area contributed by atoms with Crippen molar-refractivity contribution in [2.75, 3.05) is 18.6 Å². The lowest BCUT2D eigenvalue weighted by molar-refractivity contribution is -0.645. The molecule has 2 aliphatic rings. The molecule has 1 saturated heterocycles. The van der Waals surface area contributed by atoms with Crippen molar-refractivity contribution in [3.8, 4) is 0 Å². The highest BCUT2D eigenvalue weighted by molar-refractivity contribution is 8.01. The number of nitrogens with one attached hydrogen (secondary N) is 2. The van der Waals surface area contributed by atoms with E-state index in [1.807, 2.05) is 0 Å². The van der Waals surface area contributed by atoms with E-state index >= 15 is 0 Å². The lowest BCUT2D eigenvalue weighted by Gasteiger charge is -2.56. The number of pyridine rings is 1. The topological polar surface area (TPSA) is 152 Å². The third kappa shape index (κ3) is 4.52. The van der Waals surface area contributed by atoms with Crippen LogP contribution in [0.15, 0.2) is 71.0 Å². The maximum absolute atomic E-state index is 13.3. The Balaban J connectivity index is 1.57. The van der Waals surface area contributed by atoms with Crippen molar-refractivity contribution < 1.29 is 33.8 Å². The number of nitrogens with zero attached hydrogens (tertiary/aromatic N) is 2. The van der Waals surface area contributed by atoms with E-state index in [0.29, 0.717) is 27.3 Å². The fourth-order valence-corrected chi connectivity index (χ4v) is 6.52. The summed E-state index contributed by atoms with van der Waals surface area (Å²) in [6.45, 7) is 0. The number of thioether (sulfide) groups is 2. The van der Waals surface area contributed by atoms with Crippen LogP contribution >= 0.6 is 23.5 Å². The summed E-state index contributed by atoms with van der Waals surface area (Å²) < 4.78 is 6.16. The van der Waals surface area contributed by atoms with Crippen LogP contribution in [0.25, 0.3) is 0 Å². The average Bonchev–Trinajstić information content (AvgIpc) is 2.89. The lowest BCUT2D eigenvalue weighted by Crippen LogP contribution is -2.81. The number of rotatable bonds is 10. The highest BCUT2D eigenvalue weighted by Crippen LogP contribution is 2.47. The Kier molecular flexibility index (Phi) is 7.52. The standard InChI is InChI=1S/C23H22N4O7S2/c1-34-23(25-19(29)17(24-13-28)14-7-3-2-4-8-14)21(32)27-18(20(30)31)15(12-36-22(23)27)11-35-16-9-5-6-10-26(16)33/h2-10,13,17,22H,11-12H2,1H3,(H,24,28)(H,25,29)(H,30,31)/t17?,22?,23-/m1/s1. The molecule has 13 heteroatoms. The number of aromatic nitrogens is 1. The Hall–Kier alpha value is -3.55. The van der Waals surface area contributed by atoms with Crippen LogP contribution < -0.4 is 15.4 Å². The normalized spacial score (nSPS) is 21.8. The predicted molar refractivity (Wildman–Crippen MR) is 130 cm³/mol. The minimum absolute atomic E-state index is 0.184. The summed E-state index contributed by atoms with van der Waals surface area (Å²) in [5.74, 6) is -2.30. The third-order valence-electron chi connectivity index (χ3n) is 5.76. The maximum atomic E-state index is 13.3. The van der Waals surface area contributed by atoms with Gasteiger partial charge in [-0.15, -0.1) is 11.8 Å². The van der Waals surface area contributed by atoms with Gasteiger partial charge in [0.05, 0.1) is 0 Å². The van der Waals surface area contributed by atoms with Gasteiger partial charge in [0.15, 0.2) is 6.20 Å². The van der Waals surface area contributed by atoms with Crippen LogP contribution in [0.4, 0.5) is 0 Å². The summed E-state index contributed by atoms with van der Waals surface area (Å²) >= 11 is 2.40. The van der Waals surface area contributed by atoms with Crippen molar-refractivity contribution in [1.82, 2.24) is 15.5 Å². The number of carbonyl (C=O) groups excluding carboxylic acids is 3. The number of hydrogen-bond donors (Lipinski definition) is 3. The number of methoxy groups -OCH3 is 1. The fourth-order valence-electron chi connectivity index (χ4n) is 4.03.